The van der Waals surface area contributed by atoms with E-state index in [-0.39, 0.29) is 24.1 Å². The summed E-state index contributed by atoms with van der Waals surface area (Å²) in [4.78, 5) is 30.7. The molecule has 0 radical (unpaired) electrons. The first-order valence-electron chi connectivity index (χ1n) is 12.5. The van der Waals surface area contributed by atoms with Gasteiger partial charge in [-0.3, -0.25) is 14.5 Å². The topological polar surface area (TPSA) is 45.6 Å². The fourth-order valence-corrected chi connectivity index (χ4v) is 5.32. The van der Waals surface area contributed by atoms with E-state index in [2.05, 4.69) is 0 Å². The number of benzene rings is 3. The monoisotopic (exact) mass is 549 g/mol. The standard InChI is InChI=1S/C30H23ClF3N3O2/c31-22-12-10-19(11-13-22)28-26-9-4-16-35(26)24-7-1-2-8-25(24)37(28)27(38)18-36(23-14-15-23)29(39)20-5-3-6-21(17-20)30(32,33)34/h1-13,16-17,23,28H,14-15,18H2. The minimum absolute atomic E-state index is 0.0910. The number of anilines is 1. The summed E-state index contributed by atoms with van der Waals surface area (Å²) in [6.07, 6.45) is -1.25. The number of para-hydroxylation sites is 2. The Labute approximate surface area is 228 Å². The maximum Gasteiger partial charge on any atom is 0.416 e. The largest absolute Gasteiger partial charge is 0.416 e. The molecule has 1 fully saturated rings. The molecule has 39 heavy (non-hydrogen) atoms. The highest BCUT2D eigenvalue weighted by Gasteiger charge is 2.40. The number of carbonyl (C=O) groups excluding carboxylic acids is 2. The molecule has 2 heterocycles. The van der Waals surface area contributed by atoms with Gasteiger partial charge in [0.25, 0.3) is 5.91 Å². The van der Waals surface area contributed by atoms with Gasteiger partial charge in [0.15, 0.2) is 0 Å². The molecule has 2 aliphatic rings. The Balaban J connectivity index is 1.38. The second-order valence-electron chi connectivity index (χ2n) is 9.75. The van der Waals surface area contributed by atoms with Gasteiger partial charge in [-0.25, -0.2) is 0 Å². The number of alkyl halides is 3. The van der Waals surface area contributed by atoms with Crippen LogP contribution >= 0.6 is 11.6 Å². The Morgan fingerprint density at radius 2 is 1.62 bits per heavy atom. The third-order valence-electron chi connectivity index (χ3n) is 7.16. The van der Waals surface area contributed by atoms with Crippen LogP contribution in [0, 0.1) is 0 Å². The van der Waals surface area contributed by atoms with Crippen molar-refractivity contribution < 1.29 is 22.8 Å². The Morgan fingerprint density at radius 1 is 0.897 bits per heavy atom. The molecule has 1 saturated carbocycles. The zero-order chi connectivity index (χ0) is 27.3. The number of nitrogens with zero attached hydrogens (tertiary/aromatic N) is 3. The third-order valence-corrected chi connectivity index (χ3v) is 7.42. The molecule has 1 aliphatic carbocycles. The average molecular weight is 550 g/mol. The summed E-state index contributed by atoms with van der Waals surface area (Å²) in [6, 6.07) is 22.3. The van der Waals surface area contributed by atoms with Crippen molar-refractivity contribution in [1.29, 1.82) is 0 Å². The zero-order valence-electron chi connectivity index (χ0n) is 20.6. The van der Waals surface area contributed by atoms with Crippen LogP contribution in [0.15, 0.2) is 91.1 Å². The van der Waals surface area contributed by atoms with E-state index < -0.39 is 23.7 Å². The van der Waals surface area contributed by atoms with Crippen molar-refractivity contribution in [2.24, 2.45) is 0 Å². The number of rotatable bonds is 5. The highest BCUT2D eigenvalue weighted by molar-refractivity contribution is 6.30. The molecule has 3 aromatic carbocycles. The molecule has 2 amide bonds. The van der Waals surface area contributed by atoms with Gasteiger partial charge in [-0.05, 0) is 73.0 Å². The van der Waals surface area contributed by atoms with E-state index in [4.69, 9.17) is 11.6 Å². The number of fused-ring (bicyclic) bond motifs is 3. The summed E-state index contributed by atoms with van der Waals surface area (Å²) in [5.41, 5.74) is 2.21. The Morgan fingerprint density at radius 3 is 2.31 bits per heavy atom. The van der Waals surface area contributed by atoms with Gasteiger partial charge in [-0.1, -0.05) is 41.9 Å². The number of hydrogen-bond donors (Lipinski definition) is 0. The van der Waals surface area contributed by atoms with E-state index >= 15 is 0 Å². The van der Waals surface area contributed by atoms with E-state index in [1.165, 1.54) is 17.0 Å². The first kappa shape index (κ1) is 25.2. The molecule has 1 atom stereocenters. The maximum absolute atomic E-state index is 14.2. The first-order valence-corrected chi connectivity index (χ1v) is 12.9. The number of halogens is 4. The van der Waals surface area contributed by atoms with Crippen LogP contribution < -0.4 is 4.90 Å². The first-order chi connectivity index (χ1) is 18.7. The molecule has 1 aromatic heterocycles. The number of amides is 2. The molecule has 6 rings (SSSR count). The van der Waals surface area contributed by atoms with Gasteiger partial charge in [0, 0.05) is 22.8 Å². The lowest BCUT2D eigenvalue weighted by Gasteiger charge is -2.39. The van der Waals surface area contributed by atoms with Crippen LogP contribution in [0.3, 0.4) is 0 Å². The van der Waals surface area contributed by atoms with Crippen LogP contribution in [-0.4, -0.2) is 33.9 Å². The lowest BCUT2D eigenvalue weighted by molar-refractivity contribution is -0.137. The minimum atomic E-state index is -4.57. The molecule has 0 saturated heterocycles. The lowest BCUT2D eigenvalue weighted by Crippen LogP contribution is -2.47. The van der Waals surface area contributed by atoms with E-state index in [1.807, 2.05) is 59.3 Å². The molecule has 5 nitrogen and oxygen atoms in total. The molecule has 198 valence electrons. The normalized spacial score (nSPS) is 16.4. The third kappa shape index (κ3) is 4.69. The summed E-state index contributed by atoms with van der Waals surface area (Å²) >= 11 is 6.15. The predicted molar refractivity (Wildman–Crippen MR) is 142 cm³/mol. The summed E-state index contributed by atoms with van der Waals surface area (Å²) in [6.45, 7) is -0.265. The highest BCUT2D eigenvalue weighted by Crippen LogP contribution is 2.43. The molecular formula is C30H23ClF3N3O2. The van der Waals surface area contributed by atoms with Crippen molar-refractivity contribution in [1.82, 2.24) is 9.47 Å². The molecular weight excluding hydrogens is 527 g/mol. The van der Waals surface area contributed by atoms with Crippen LogP contribution in [0.1, 0.15) is 46.1 Å². The number of aromatic nitrogens is 1. The van der Waals surface area contributed by atoms with Crippen LogP contribution in [0.5, 0.6) is 0 Å². The van der Waals surface area contributed by atoms with Gasteiger partial charge in [0.05, 0.1) is 22.6 Å². The van der Waals surface area contributed by atoms with Gasteiger partial charge >= 0.3 is 6.18 Å². The maximum atomic E-state index is 14.2. The Bertz CT molecular complexity index is 1560. The summed E-state index contributed by atoms with van der Waals surface area (Å²) in [5, 5.41) is 0.565. The van der Waals surface area contributed by atoms with E-state index in [0.29, 0.717) is 23.6 Å². The van der Waals surface area contributed by atoms with E-state index in [1.54, 1.807) is 17.0 Å². The van der Waals surface area contributed by atoms with Crippen molar-refractivity contribution in [3.8, 4) is 5.69 Å². The fourth-order valence-electron chi connectivity index (χ4n) is 5.19. The fraction of sp³-hybridized carbons (Fsp3) is 0.200. The van der Waals surface area contributed by atoms with Crippen molar-refractivity contribution in [2.75, 3.05) is 11.4 Å². The Hall–Kier alpha value is -4.04. The number of hydrogen-bond acceptors (Lipinski definition) is 2. The van der Waals surface area contributed by atoms with Gasteiger partial charge in [-0.15, -0.1) is 0 Å². The molecule has 0 N–H and O–H groups in total. The van der Waals surface area contributed by atoms with E-state index in [0.717, 1.165) is 29.1 Å². The quantitative estimate of drug-likeness (QED) is 0.272. The molecule has 1 aliphatic heterocycles. The average Bonchev–Trinajstić information content (AvgIpc) is 3.65. The second-order valence-corrected chi connectivity index (χ2v) is 10.2. The summed E-state index contributed by atoms with van der Waals surface area (Å²) in [5.74, 6) is -0.921. The molecule has 0 bridgehead atoms. The molecule has 1 unspecified atom stereocenters. The van der Waals surface area contributed by atoms with Crippen LogP contribution in [-0.2, 0) is 11.0 Å². The second kappa shape index (κ2) is 9.61. The van der Waals surface area contributed by atoms with Crippen LogP contribution in [0.2, 0.25) is 5.02 Å². The SMILES string of the molecule is O=C(c1cccc(C(F)(F)F)c1)N(CC(=O)N1c2ccccc2-n2cccc2C1c1ccc(Cl)cc1)C1CC1. The zero-order valence-corrected chi connectivity index (χ0v) is 21.4. The molecule has 0 spiro atoms. The van der Waals surface area contributed by atoms with Gasteiger partial charge in [0.2, 0.25) is 5.91 Å². The smallest absolute Gasteiger partial charge is 0.326 e. The number of carbonyl (C=O) groups is 2. The minimum Gasteiger partial charge on any atom is -0.326 e. The van der Waals surface area contributed by atoms with Crippen LogP contribution in [0.4, 0.5) is 18.9 Å². The van der Waals surface area contributed by atoms with Crippen molar-refractivity contribution >= 4 is 29.1 Å². The summed E-state index contributed by atoms with van der Waals surface area (Å²) in [7, 11) is 0. The van der Waals surface area contributed by atoms with Crippen LogP contribution in [0.25, 0.3) is 5.69 Å². The van der Waals surface area contributed by atoms with Crippen molar-refractivity contribution in [3.63, 3.8) is 0 Å². The highest BCUT2D eigenvalue weighted by atomic mass is 35.5. The van der Waals surface area contributed by atoms with Gasteiger partial charge in [0.1, 0.15) is 12.6 Å². The van der Waals surface area contributed by atoms with Crippen molar-refractivity contribution in [3.05, 3.63) is 119 Å². The van der Waals surface area contributed by atoms with Gasteiger partial charge < -0.3 is 9.47 Å². The van der Waals surface area contributed by atoms with Crippen molar-refractivity contribution in [2.45, 2.75) is 31.1 Å². The van der Waals surface area contributed by atoms with E-state index in [9.17, 15) is 22.8 Å². The predicted octanol–water partition coefficient (Wildman–Crippen LogP) is 6.89. The molecule has 9 heteroatoms. The summed E-state index contributed by atoms with van der Waals surface area (Å²) < 4.78 is 42.0. The Kier molecular flexibility index (Phi) is 6.22. The molecule has 4 aromatic rings. The van der Waals surface area contributed by atoms with Gasteiger partial charge in [-0.2, -0.15) is 13.2 Å². The lowest BCUT2D eigenvalue weighted by atomic mass is 9.97.